The van der Waals surface area contributed by atoms with Crippen molar-refractivity contribution >= 4 is 16.7 Å². The largest absolute Gasteiger partial charge is 0.465 e. The number of aryl methyl sites for hydroxylation is 1. The molecule has 0 heterocycles. The van der Waals surface area contributed by atoms with Gasteiger partial charge in [-0.05, 0) is 24.5 Å². The monoisotopic (exact) mass is 288 g/mol. The third-order valence-corrected chi connectivity index (χ3v) is 3.41. The zero-order chi connectivity index (χ0) is 14.4. The first kappa shape index (κ1) is 15.6. The van der Waals surface area contributed by atoms with Crippen LogP contribution in [0.15, 0.2) is 12.1 Å². The normalized spacial score (nSPS) is 10.7. The number of benzene rings is 1. The van der Waals surface area contributed by atoms with E-state index in [4.69, 9.17) is 0 Å². The molecule has 1 rings (SSSR count). The number of methoxy groups -OCH3 is 1. The second kappa shape index (κ2) is 7.23. The number of halogens is 1. The van der Waals surface area contributed by atoms with Crippen LogP contribution in [-0.4, -0.2) is 21.5 Å². The van der Waals surface area contributed by atoms with E-state index in [2.05, 4.69) is 4.74 Å². The van der Waals surface area contributed by atoms with E-state index in [-0.39, 0.29) is 11.1 Å². The van der Waals surface area contributed by atoms with Gasteiger partial charge in [-0.15, -0.1) is 0 Å². The Morgan fingerprint density at radius 3 is 2.58 bits per heavy atom. The summed E-state index contributed by atoms with van der Waals surface area (Å²) < 4.78 is 40.4. The molecule has 19 heavy (non-hydrogen) atoms. The second-order valence-electron chi connectivity index (χ2n) is 4.15. The van der Waals surface area contributed by atoms with Crippen LogP contribution in [0.2, 0.25) is 0 Å². The molecule has 0 radical (unpaired) electrons. The van der Waals surface area contributed by atoms with Crippen LogP contribution in [0.4, 0.5) is 4.39 Å². The number of esters is 1. The molecule has 106 valence electrons. The summed E-state index contributed by atoms with van der Waals surface area (Å²) in [4.78, 5) is 11.4. The predicted molar refractivity (Wildman–Crippen MR) is 70.4 cm³/mol. The lowest BCUT2D eigenvalue weighted by Crippen LogP contribution is -2.09. The van der Waals surface area contributed by atoms with Crippen molar-refractivity contribution in [3.8, 4) is 0 Å². The summed E-state index contributed by atoms with van der Waals surface area (Å²) in [6, 6.07) is 2.94. The fourth-order valence-corrected chi connectivity index (χ4v) is 2.43. The smallest absolute Gasteiger partial charge is 0.340 e. The fourth-order valence-electron chi connectivity index (χ4n) is 1.83. The van der Waals surface area contributed by atoms with Crippen molar-refractivity contribution in [2.24, 2.45) is 0 Å². The molecule has 4 nitrogen and oxygen atoms in total. The third kappa shape index (κ3) is 4.02. The van der Waals surface area contributed by atoms with Gasteiger partial charge in [0.25, 0.3) is 0 Å². The van der Waals surface area contributed by atoms with Gasteiger partial charge >= 0.3 is 5.97 Å². The fraction of sp³-hybridized carbons (Fsp3) is 0.462. The first-order chi connectivity index (χ1) is 9.01. The second-order valence-corrected chi connectivity index (χ2v) is 5.13. The number of hydrogen-bond donors (Lipinski definition) is 1. The number of hydrogen-bond acceptors (Lipinski definition) is 4. The SMILES string of the molecule is CCCCc1ccc(C(=O)OC)c(F)c1C[SH](=O)=O. The van der Waals surface area contributed by atoms with Gasteiger partial charge in [0, 0.05) is 5.56 Å². The molecule has 0 aliphatic heterocycles. The van der Waals surface area contributed by atoms with E-state index in [0.717, 1.165) is 20.0 Å². The van der Waals surface area contributed by atoms with Gasteiger partial charge in [-0.25, -0.2) is 17.6 Å². The van der Waals surface area contributed by atoms with Crippen LogP contribution in [-0.2, 0) is 27.6 Å². The van der Waals surface area contributed by atoms with E-state index < -0.39 is 28.2 Å². The van der Waals surface area contributed by atoms with Crippen molar-refractivity contribution in [1.29, 1.82) is 0 Å². The molecule has 0 aliphatic rings. The molecule has 0 saturated carbocycles. The highest BCUT2D eigenvalue weighted by Gasteiger charge is 2.19. The Kier molecular flexibility index (Phi) is 5.95. The summed E-state index contributed by atoms with van der Waals surface area (Å²) >= 11 is 0. The van der Waals surface area contributed by atoms with Gasteiger partial charge in [0.2, 0.25) is 0 Å². The van der Waals surface area contributed by atoms with E-state index in [1.807, 2.05) is 6.92 Å². The maximum absolute atomic E-state index is 14.2. The summed E-state index contributed by atoms with van der Waals surface area (Å²) in [5.41, 5.74) is 0.480. The van der Waals surface area contributed by atoms with Crippen LogP contribution in [0.5, 0.6) is 0 Å². The number of thiol groups is 1. The van der Waals surface area contributed by atoms with Crippen LogP contribution < -0.4 is 0 Å². The highest BCUT2D eigenvalue weighted by molar-refractivity contribution is 7.71. The van der Waals surface area contributed by atoms with Crippen molar-refractivity contribution in [2.75, 3.05) is 7.11 Å². The van der Waals surface area contributed by atoms with Crippen molar-refractivity contribution < 1.29 is 22.3 Å². The molecule has 0 N–H and O–H groups in total. The predicted octanol–water partition coefficient (Wildman–Crippen LogP) is 2.07. The Balaban J connectivity index is 3.26. The van der Waals surface area contributed by atoms with Crippen molar-refractivity contribution in [3.05, 3.63) is 34.6 Å². The van der Waals surface area contributed by atoms with E-state index in [1.54, 1.807) is 6.07 Å². The number of carbonyl (C=O) groups is 1. The molecular weight excluding hydrogens is 271 g/mol. The van der Waals surface area contributed by atoms with Gasteiger partial charge < -0.3 is 4.74 Å². The maximum Gasteiger partial charge on any atom is 0.340 e. The van der Waals surface area contributed by atoms with Gasteiger partial charge in [-0.1, -0.05) is 19.4 Å². The van der Waals surface area contributed by atoms with E-state index in [0.29, 0.717) is 12.0 Å². The number of unbranched alkanes of at least 4 members (excludes halogenated alkanes) is 1. The molecule has 0 aromatic heterocycles. The maximum atomic E-state index is 14.2. The Morgan fingerprint density at radius 1 is 1.37 bits per heavy atom. The van der Waals surface area contributed by atoms with E-state index in [1.165, 1.54) is 6.07 Å². The van der Waals surface area contributed by atoms with E-state index in [9.17, 15) is 17.6 Å². The summed E-state index contributed by atoms with van der Waals surface area (Å²) in [6.45, 7) is 1.99. The zero-order valence-corrected chi connectivity index (χ0v) is 11.8. The van der Waals surface area contributed by atoms with Gasteiger partial charge in [0.15, 0.2) is 0 Å². The average Bonchev–Trinajstić information content (AvgIpc) is 2.38. The van der Waals surface area contributed by atoms with E-state index >= 15 is 0 Å². The molecule has 0 aliphatic carbocycles. The van der Waals surface area contributed by atoms with Gasteiger partial charge in [0.1, 0.15) is 16.5 Å². The highest BCUT2D eigenvalue weighted by atomic mass is 32.2. The number of carbonyl (C=O) groups excluding carboxylic acids is 1. The van der Waals surface area contributed by atoms with Gasteiger partial charge in [-0.2, -0.15) is 0 Å². The summed E-state index contributed by atoms with van der Waals surface area (Å²) in [7, 11) is -1.60. The third-order valence-electron chi connectivity index (χ3n) is 2.83. The lowest BCUT2D eigenvalue weighted by molar-refractivity contribution is 0.0595. The Bertz CT molecular complexity index is 530. The molecule has 1 aromatic rings. The topological polar surface area (TPSA) is 60.4 Å². The average molecular weight is 288 g/mol. The van der Waals surface area contributed by atoms with Gasteiger partial charge in [0.05, 0.1) is 18.4 Å². The number of rotatable bonds is 6. The Labute approximate surface area is 113 Å². The Morgan fingerprint density at radius 2 is 2.05 bits per heavy atom. The van der Waals surface area contributed by atoms with Crippen molar-refractivity contribution in [3.63, 3.8) is 0 Å². The molecule has 0 amide bonds. The van der Waals surface area contributed by atoms with Crippen LogP contribution in [0.1, 0.15) is 41.3 Å². The lowest BCUT2D eigenvalue weighted by Gasteiger charge is -2.11. The van der Waals surface area contributed by atoms with Crippen LogP contribution >= 0.6 is 0 Å². The standard InChI is InChI=1S/C13H17FO4S/c1-3-4-5-9-6-7-10(13(15)18-2)12(14)11(9)8-19(16)17/h6-7,19H,3-5,8H2,1-2H3. The Hall–Kier alpha value is -1.43. The summed E-state index contributed by atoms with van der Waals surface area (Å²) in [5, 5.41) is 0. The molecule has 0 bridgehead atoms. The first-order valence-corrected chi connectivity index (χ1v) is 7.37. The van der Waals surface area contributed by atoms with Crippen LogP contribution in [0.25, 0.3) is 0 Å². The molecular formula is C13H17FO4S. The van der Waals surface area contributed by atoms with Crippen LogP contribution in [0.3, 0.4) is 0 Å². The quantitative estimate of drug-likeness (QED) is 0.643. The molecule has 0 spiro atoms. The van der Waals surface area contributed by atoms with Crippen molar-refractivity contribution in [2.45, 2.75) is 31.9 Å². The minimum atomic E-state index is -2.75. The molecule has 0 fully saturated rings. The van der Waals surface area contributed by atoms with Gasteiger partial charge in [-0.3, -0.25) is 0 Å². The molecule has 0 atom stereocenters. The van der Waals surface area contributed by atoms with Crippen molar-refractivity contribution in [1.82, 2.24) is 0 Å². The summed E-state index contributed by atoms with van der Waals surface area (Å²) in [6.07, 6.45) is 2.34. The lowest BCUT2D eigenvalue weighted by atomic mass is 9.99. The minimum Gasteiger partial charge on any atom is -0.465 e. The zero-order valence-electron chi connectivity index (χ0n) is 10.9. The highest BCUT2D eigenvalue weighted by Crippen LogP contribution is 2.21. The number of ether oxygens (including phenoxy) is 1. The van der Waals surface area contributed by atoms with Crippen LogP contribution in [0, 0.1) is 5.82 Å². The minimum absolute atomic E-state index is 0.0764. The summed E-state index contributed by atoms with van der Waals surface area (Å²) in [5.74, 6) is -1.99. The molecule has 1 aromatic carbocycles. The molecule has 0 unspecified atom stereocenters. The first-order valence-electron chi connectivity index (χ1n) is 6.01. The molecule has 0 saturated heterocycles. The molecule has 6 heteroatoms.